The van der Waals surface area contributed by atoms with E-state index in [2.05, 4.69) is 15.4 Å². The SMILES string of the molecule is COCCCCOC(=O)NCCC1CC1(NC(=O)OCCF)C(=O)OC. The molecule has 10 heteroatoms. The third-order valence-corrected chi connectivity index (χ3v) is 4.03. The van der Waals surface area contributed by atoms with Crippen LogP contribution in [-0.2, 0) is 23.7 Å². The second-order valence-electron chi connectivity index (χ2n) is 5.87. The molecule has 2 amide bonds. The van der Waals surface area contributed by atoms with Crippen LogP contribution in [-0.4, -0.2) is 71.0 Å². The highest BCUT2D eigenvalue weighted by Crippen LogP contribution is 2.46. The summed E-state index contributed by atoms with van der Waals surface area (Å²) in [6.45, 7) is 0.00233. The molecule has 150 valence electrons. The fourth-order valence-corrected chi connectivity index (χ4v) is 2.58. The van der Waals surface area contributed by atoms with Gasteiger partial charge in [0.05, 0.1) is 13.7 Å². The van der Waals surface area contributed by atoms with Crippen molar-refractivity contribution in [1.29, 1.82) is 0 Å². The largest absolute Gasteiger partial charge is 0.467 e. The number of hydrogen-bond acceptors (Lipinski definition) is 7. The van der Waals surface area contributed by atoms with Crippen molar-refractivity contribution in [3.05, 3.63) is 0 Å². The van der Waals surface area contributed by atoms with Crippen molar-refractivity contribution in [2.45, 2.75) is 31.2 Å². The summed E-state index contributed by atoms with van der Waals surface area (Å²) in [4.78, 5) is 35.1. The van der Waals surface area contributed by atoms with Crippen LogP contribution in [0.15, 0.2) is 0 Å². The van der Waals surface area contributed by atoms with Crippen LogP contribution in [0.1, 0.15) is 25.7 Å². The Bertz CT molecular complexity index is 478. The number of alkyl carbamates (subject to hydrolysis) is 2. The molecule has 1 aliphatic carbocycles. The van der Waals surface area contributed by atoms with Gasteiger partial charge in [-0.2, -0.15) is 0 Å². The standard InChI is InChI=1S/C16H27FN2O7/c1-23-8-3-4-9-25-14(21)18-7-5-12-11-16(12,13(20)24-2)19-15(22)26-10-6-17/h12H,3-11H2,1-2H3,(H,18,21)(H,19,22). The third kappa shape index (κ3) is 7.03. The highest BCUT2D eigenvalue weighted by atomic mass is 19.1. The fourth-order valence-electron chi connectivity index (χ4n) is 2.58. The van der Waals surface area contributed by atoms with Gasteiger partial charge in [0.15, 0.2) is 0 Å². The van der Waals surface area contributed by atoms with Crippen molar-refractivity contribution >= 4 is 18.2 Å². The molecule has 2 unspecified atom stereocenters. The minimum Gasteiger partial charge on any atom is -0.467 e. The average molecular weight is 378 g/mol. The van der Waals surface area contributed by atoms with Crippen LogP contribution in [0, 0.1) is 5.92 Å². The number of esters is 1. The number of carbonyl (C=O) groups is 3. The first-order chi connectivity index (χ1) is 12.5. The van der Waals surface area contributed by atoms with Gasteiger partial charge in [-0.3, -0.25) is 0 Å². The molecule has 26 heavy (non-hydrogen) atoms. The minimum atomic E-state index is -1.19. The van der Waals surface area contributed by atoms with E-state index in [4.69, 9.17) is 14.2 Å². The van der Waals surface area contributed by atoms with Gasteiger partial charge in [0, 0.05) is 20.3 Å². The predicted molar refractivity (Wildman–Crippen MR) is 88.4 cm³/mol. The zero-order chi connectivity index (χ0) is 19.4. The Morgan fingerprint density at radius 1 is 1.08 bits per heavy atom. The molecule has 1 fully saturated rings. The lowest BCUT2D eigenvalue weighted by Gasteiger charge is -2.17. The number of methoxy groups -OCH3 is 2. The molecule has 0 heterocycles. The first-order valence-electron chi connectivity index (χ1n) is 8.49. The number of nitrogens with one attached hydrogen (secondary N) is 2. The second kappa shape index (κ2) is 11.5. The van der Waals surface area contributed by atoms with Crippen molar-refractivity contribution in [2.75, 3.05) is 47.3 Å². The molecule has 9 nitrogen and oxygen atoms in total. The van der Waals surface area contributed by atoms with Crippen molar-refractivity contribution in [3.63, 3.8) is 0 Å². The first kappa shape index (κ1) is 21.9. The molecule has 0 aromatic carbocycles. The molecule has 1 aliphatic rings. The summed E-state index contributed by atoms with van der Waals surface area (Å²) < 4.78 is 31.2. The normalized spacial score (nSPS) is 20.8. The lowest BCUT2D eigenvalue weighted by Crippen LogP contribution is -2.46. The number of unbranched alkanes of at least 4 members (excludes halogenated alkanes) is 1. The number of ether oxygens (including phenoxy) is 4. The summed E-state index contributed by atoms with van der Waals surface area (Å²) in [7, 11) is 2.82. The molecular formula is C16H27FN2O7. The molecule has 2 N–H and O–H groups in total. The van der Waals surface area contributed by atoms with Crippen LogP contribution >= 0.6 is 0 Å². The zero-order valence-corrected chi connectivity index (χ0v) is 15.2. The van der Waals surface area contributed by atoms with Gasteiger partial charge < -0.3 is 29.6 Å². The Morgan fingerprint density at radius 2 is 1.77 bits per heavy atom. The number of carbonyl (C=O) groups excluding carboxylic acids is 3. The molecule has 0 aromatic rings. The summed E-state index contributed by atoms with van der Waals surface area (Å²) in [5.41, 5.74) is -1.19. The predicted octanol–water partition coefficient (Wildman–Crippen LogP) is 1.16. The number of rotatable bonds is 12. The number of alkyl halides is 1. The van der Waals surface area contributed by atoms with E-state index < -0.39 is 30.4 Å². The Hall–Kier alpha value is -2.10. The van der Waals surface area contributed by atoms with Gasteiger partial charge in [0.1, 0.15) is 18.8 Å². The van der Waals surface area contributed by atoms with Gasteiger partial charge >= 0.3 is 18.2 Å². The third-order valence-electron chi connectivity index (χ3n) is 4.03. The summed E-state index contributed by atoms with van der Waals surface area (Å²) in [5.74, 6) is -0.810. The fraction of sp³-hybridized carbons (Fsp3) is 0.812. The second-order valence-corrected chi connectivity index (χ2v) is 5.87. The number of hydrogen-bond donors (Lipinski definition) is 2. The van der Waals surface area contributed by atoms with Gasteiger partial charge in [0.2, 0.25) is 0 Å². The van der Waals surface area contributed by atoms with E-state index >= 15 is 0 Å². The van der Waals surface area contributed by atoms with Crippen LogP contribution in [0.2, 0.25) is 0 Å². The summed E-state index contributed by atoms with van der Waals surface area (Å²) >= 11 is 0. The quantitative estimate of drug-likeness (QED) is 0.298. The van der Waals surface area contributed by atoms with E-state index in [1.165, 1.54) is 7.11 Å². The number of amides is 2. The number of halogens is 1. The Balaban J connectivity index is 2.30. The summed E-state index contributed by atoms with van der Waals surface area (Å²) in [6, 6.07) is 0. The Morgan fingerprint density at radius 3 is 2.42 bits per heavy atom. The molecular weight excluding hydrogens is 351 g/mol. The van der Waals surface area contributed by atoms with E-state index in [0.717, 1.165) is 6.42 Å². The average Bonchev–Trinajstić information content (AvgIpc) is 3.32. The summed E-state index contributed by atoms with van der Waals surface area (Å²) in [5, 5.41) is 5.03. The van der Waals surface area contributed by atoms with Crippen molar-refractivity contribution < 1.29 is 37.7 Å². The van der Waals surface area contributed by atoms with E-state index in [0.29, 0.717) is 32.5 Å². The van der Waals surface area contributed by atoms with Crippen molar-refractivity contribution in [1.82, 2.24) is 10.6 Å². The van der Waals surface area contributed by atoms with E-state index in [1.807, 2.05) is 0 Å². The molecule has 0 aliphatic heterocycles. The van der Waals surface area contributed by atoms with Crippen molar-refractivity contribution in [3.8, 4) is 0 Å². The van der Waals surface area contributed by atoms with E-state index in [1.54, 1.807) is 7.11 Å². The van der Waals surface area contributed by atoms with Gasteiger partial charge in [0.25, 0.3) is 0 Å². The lowest BCUT2D eigenvalue weighted by molar-refractivity contribution is -0.144. The highest BCUT2D eigenvalue weighted by molar-refractivity contribution is 5.89. The molecule has 0 radical (unpaired) electrons. The molecule has 2 atom stereocenters. The summed E-state index contributed by atoms with van der Waals surface area (Å²) in [6.07, 6.45) is 0.897. The minimum absolute atomic E-state index is 0.213. The maximum atomic E-state index is 12.0. The van der Waals surface area contributed by atoms with Gasteiger partial charge in [-0.05, 0) is 31.6 Å². The zero-order valence-electron chi connectivity index (χ0n) is 15.2. The van der Waals surface area contributed by atoms with E-state index in [9.17, 15) is 18.8 Å². The highest BCUT2D eigenvalue weighted by Gasteiger charge is 2.62. The molecule has 0 bridgehead atoms. The van der Waals surface area contributed by atoms with Gasteiger partial charge in [-0.1, -0.05) is 0 Å². The Labute approximate surface area is 151 Å². The maximum absolute atomic E-state index is 12.0. The van der Waals surface area contributed by atoms with Crippen LogP contribution in [0.5, 0.6) is 0 Å². The van der Waals surface area contributed by atoms with Gasteiger partial charge in [-0.25, -0.2) is 18.8 Å². The Kier molecular flexibility index (Phi) is 9.71. The smallest absolute Gasteiger partial charge is 0.408 e. The molecule has 1 rings (SSSR count). The lowest BCUT2D eigenvalue weighted by atomic mass is 10.1. The molecule has 0 spiro atoms. The monoisotopic (exact) mass is 378 g/mol. The molecule has 0 saturated heterocycles. The van der Waals surface area contributed by atoms with Gasteiger partial charge in [-0.15, -0.1) is 0 Å². The van der Waals surface area contributed by atoms with Crippen LogP contribution in [0.25, 0.3) is 0 Å². The molecule has 1 saturated carbocycles. The topological polar surface area (TPSA) is 112 Å². The van der Waals surface area contributed by atoms with Crippen LogP contribution < -0.4 is 10.6 Å². The first-order valence-corrected chi connectivity index (χ1v) is 8.49. The molecule has 0 aromatic heterocycles. The van der Waals surface area contributed by atoms with E-state index in [-0.39, 0.29) is 19.1 Å². The van der Waals surface area contributed by atoms with Crippen LogP contribution in [0.3, 0.4) is 0 Å². The van der Waals surface area contributed by atoms with Crippen molar-refractivity contribution in [2.24, 2.45) is 5.92 Å². The maximum Gasteiger partial charge on any atom is 0.408 e. The van der Waals surface area contributed by atoms with Crippen LogP contribution in [0.4, 0.5) is 14.0 Å².